The second-order valence-electron chi connectivity index (χ2n) is 4.83. The van der Waals surface area contributed by atoms with Gasteiger partial charge in [0.2, 0.25) is 0 Å². The predicted molar refractivity (Wildman–Crippen MR) is 66.9 cm³/mol. The number of halogens is 4. The van der Waals surface area contributed by atoms with E-state index in [4.69, 9.17) is 0 Å². The molecule has 0 aliphatic heterocycles. The molecule has 0 aliphatic rings. The zero-order chi connectivity index (χ0) is 14.8. The Kier molecular flexibility index (Phi) is 4.50. The van der Waals surface area contributed by atoms with E-state index in [0.717, 1.165) is 12.3 Å². The van der Waals surface area contributed by atoms with Crippen LogP contribution >= 0.6 is 0 Å². The van der Waals surface area contributed by atoms with Gasteiger partial charge in [-0.15, -0.1) is 0 Å². The Morgan fingerprint density at radius 2 is 1.79 bits per heavy atom. The summed E-state index contributed by atoms with van der Waals surface area (Å²) in [5.41, 5.74) is -1.32. The van der Waals surface area contributed by atoms with E-state index in [1.807, 2.05) is 0 Å². The number of hydrogen-bond donors (Lipinski definition) is 0. The summed E-state index contributed by atoms with van der Waals surface area (Å²) >= 11 is 0. The van der Waals surface area contributed by atoms with Gasteiger partial charge in [-0.3, -0.25) is 0 Å². The Balaban J connectivity index is 3.05. The molecule has 106 valence electrons. The first-order valence-electron chi connectivity index (χ1n) is 5.34. The molecule has 19 heavy (non-hydrogen) atoms. The van der Waals surface area contributed by atoms with Crippen LogP contribution in [0.4, 0.5) is 17.6 Å². The maximum atomic E-state index is 13.0. The van der Waals surface area contributed by atoms with Crippen LogP contribution < -0.4 is 0 Å². The second-order valence-corrected chi connectivity index (χ2v) is 6.77. The fourth-order valence-electron chi connectivity index (χ4n) is 1.11. The van der Waals surface area contributed by atoms with Crippen LogP contribution in [0.2, 0.25) is 0 Å². The zero-order valence-electron chi connectivity index (χ0n) is 10.6. The monoisotopic (exact) mass is 295 g/mol. The third kappa shape index (κ3) is 4.41. The highest BCUT2D eigenvalue weighted by molar-refractivity contribution is 7.85. The first-order chi connectivity index (χ1) is 8.51. The highest BCUT2D eigenvalue weighted by Crippen LogP contribution is 2.31. The topological polar surface area (TPSA) is 29.4 Å². The van der Waals surface area contributed by atoms with Crippen molar-refractivity contribution in [2.24, 2.45) is 4.40 Å². The largest absolute Gasteiger partial charge is 0.419 e. The first-order valence-corrected chi connectivity index (χ1v) is 6.45. The average molecular weight is 295 g/mol. The number of alkyl halides is 3. The minimum atomic E-state index is -4.77. The summed E-state index contributed by atoms with van der Waals surface area (Å²) in [6.45, 7) is 5.06. The molecule has 2 nitrogen and oxygen atoms in total. The lowest BCUT2D eigenvalue weighted by Gasteiger charge is -2.13. The highest BCUT2D eigenvalue weighted by atomic mass is 32.2. The van der Waals surface area contributed by atoms with Crippen molar-refractivity contribution < 1.29 is 21.8 Å². The molecule has 0 fully saturated rings. The SMILES string of the molecule is CC(C)(C)[S@](=O)/N=C/c1ccc(F)c(C(F)(F)F)c1. The molecule has 1 atom stereocenters. The van der Waals surface area contributed by atoms with E-state index in [0.29, 0.717) is 12.1 Å². The molecule has 0 unspecified atom stereocenters. The van der Waals surface area contributed by atoms with E-state index in [9.17, 15) is 21.8 Å². The smallest absolute Gasteiger partial charge is 0.234 e. The van der Waals surface area contributed by atoms with Gasteiger partial charge in [-0.05, 0) is 38.5 Å². The molecule has 0 aliphatic carbocycles. The van der Waals surface area contributed by atoms with Crippen molar-refractivity contribution >= 4 is 17.2 Å². The maximum Gasteiger partial charge on any atom is 0.419 e. The van der Waals surface area contributed by atoms with E-state index in [1.54, 1.807) is 20.8 Å². The summed E-state index contributed by atoms with van der Waals surface area (Å²) in [6.07, 6.45) is -3.72. The number of benzene rings is 1. The normalized spacial score (nSPS) is 14.9. The van der Waals surface area contributed by atoms with Crippen LogP contribution in [0, 0.1) is 5.82 Å². The second kappa shape index (κ2) is 5.40. The quantitative estimate of drug-likeness (QED) is 0.604. The van der Waals surface area contributed by atoms with Gasteiger partial charge >= 0.3 is 6.18 Å². The van der Waals surface area contributed by atoms with Gasteiger partial charge in [-0.1, -0.05) is 6.07 Å². The van der Waals surface area contributed by atoms with Crippen LogP contribution in [0.25, 0.3) is 0 Å². The third-order valence-electron chi connectivity index (χ3n) is 2.12. The molecule has 1 aromatic rings. The van der Waals surface area contributed by atoms with E-state index < -0.39 is 33.3 Å². The van der Waals surface area contributed by atoms with E-state index in [2.05, 4.69) is 4.40 Å². The minimum Gasteiger partial charge on any atom is -0.234 e. The fourth-order valence-corrected chi connectivity index (χ4v) is 1.64. The van der Waals surface area contributed by atoms with Crippen LogP contribution in [0.5, 0.6) is 0 Å². The van der Waals surface area contributed by atoms with Crippen molar-refractivity contribution in [3.63, 3.8) is 0 Å². The number of rotatable bonds is 2. The summed E-state index contributed by atoms with van der Waals surface area (Å²) in [4.78, 5) is 0. The van der Waals surface area contributed by atoms with Crippen LogP contribution in [-0.2, 0) is 17.2 Å². The van der Waals surface area contributed by atoms with Gasteiger partial charge in [-0.25, -0.2) is 8.60 Å². The van der Waals surface area contributed by atoms with Gasteiger partial charge in [0.05, 0.1) is 10.3 Å². The van der Waals surface area contributed by atoms with Crippen LogP contribution in [0.15, 0.2) is 22.6 Å². The lowest BCUT2D eigenvalue weighted by Crippen LogP contribution is -2.19. The minimum absolute atomic E-state index is 0.0475. The van der Waals surface area contributed by atoms with Crippen molar-refractivity contribution in [1.82, 2.24) is 0 Å². The standard InChI is InChI=1S/C12H13F4NOS/c1-11(2,3)19(18)17-7-8-4-5-10(13)9(6-8)12(14,15)16/h4-7H,1-3H3/b17-7+/t19-/m0/s1. The van der Waals surface area contributed by atoms with Crippen LogP contribution in [-0.4, -0.2) is 15.2 Å². The Morgan fingerprint density at radius 1 is 1.21 bits per heavy atom. The summed E-state index contributed by atoms with van der Waals surface area (Å²) < 4.78 is 65.1. The van der Waals surface area contributed by atoms with Crippen LogP contribution in [0.1, 0.15) is 31.9 Å². The molecule has 7 heteroatoms. The van der Waals surface area contributed by atoms with Gasteiger partial charge in [0.25, 0.3) is 0 Å². The van der Waals surface area contributed by atoms with Gasteiger partial charge in [-0.2, -0.15) is 17.6 Å². The fraction of sp³-hybridized carbons (Fsp3) is 0.417. The highest BCUT2D eigenvalue weighted by Gasteiger charge is 2.34. The van der Waals surface area contributed by atoms with Crippen molar-refractivity contribution in [3.05, 3.63) is 35.1 Å². The molecule has 0 aromatic heterocycles. The predicted octanol–water partition coefficient (Wildman–Crippen LogP) is 3.73. The molecule has 0 bridgehead atoms. The maximum absolute atomic E-state index is 13.0. The molecule has 0 heterocycles. The van der Waals surface area contributed by atoms with Crippen molar-refractivity contribution in [2.75, 3.05) is 0 Å². The molecule has 0 N–H and O–H groups in total. The molecule has 0 amide bonds. The Hall–Kier alpha value is -1.24. The van der Waals surface area contributed by atoms with Crippen molar-refractivity contribution in [1.29, 1.82) is 0 Å². The van der Waals surface area contributed by atoms with Crippen molar-refractivity contribution in [2.45, 2.75) is 31.7 Å². The summed E-state index contributed by atoms with van der Waals surface area (Å²) in [5, 5.41) is 0. The molecular weight excluding hydrogens is 282 g/mol. The van der Waals surface area contributed by atoms with Gasteiger partial charge in [0, 0.05) is 6.21 Å². The number of nitrogens with zero attached hydrogens (tertiary/aromatic N) is 1. The first kappa shape index (κ1) is 15.8. The van der Waals surface area contributed by atoms with Gasteiger partial charge < -0.3 is 0 Å². The summed E-state index contributed by atoms with van der Waals surface area (Å²) in [5.74, 6) is -1.35. The third-order valence-corrected chi connectivity index (χ3v) is 3.46. The Labute approximate surface area is 111 Å². The van der Waals surface area contributed by atoms with Crippen molar-refractivity contribution in [3.8, 4) is 0 Å². The van der Waals surface area contributed by atoms with Gasteiger partial charge in [0.15, 0.2) is 0 Å². The molecular formula is C12H13F4NOS. The summed E-state index contributed by atoms with van der Waals surface area (Å²) in [7, 11) is -1.58. The Morgan fingerprint density at radius 3 is 2.26 bits per heavy atom. The summed E-state index contributed by atoms with van der Waals surface area (Å²) in [6, 6.07) is 2.50. The molecule has 0 spiro atoms. The molecule has 0 saturated carbocycles. The average Bonchev–Trinajstić information content (AvgIpc) is 2.24. The van der Waals surface area contributed by atoms with E-state index >= 15 is 0 Å². The zero-order valence-corrected chi connectivity index (χ0v) is 11.4. The molecule has 0 radical (unpaired) electrons. The molecule has 1 aromatic carbocycles. The molecule has 1 rings (SSSR count). The Bertz CT molecular complexity index is 517. The molecule has 0 saturated heterocycles. The van der Waals surface area contributed by atoms with E-state index in [1.165, 1.54) is 0 Å². The van der Waals surface area contributed by atoms with Gasteiger partial charge in [0.1, 0.15) is 16.8 Å². The van der Waals surface area contributed by atoms with Crippen LogP contribution in [0.3, 0.4) is 0 Å². The lowest BCUT2D eigenvalue weighted by molar-refractivity contribution is -0.140. The number of hydrogen-bond acceptors (Lipinski definition) is 1. The lowest BCUT2D eigenvalue weighted by atomic mass is 10.1. The van der Waals surface area contributed by atoms with E-state index in [-0.39, 0.29) is 5.56 Å².